The van der Waals surface area contributed by atoms with Gasteiger partial charge in [-0.3, -0.25) is 0 Å². The Morgan fingerprint density at radius 3 is 1.52 bits per heavy atom. The van der Waals surface area contributed by atoms with E-state index in [9.17, 15) is 9.90 Å². The van der Waals surface area contributed by atoms with E-state index in [1.165, 1.54) is 11.1 Å². The lowest BCUT2D eigenvalue weighted by Crippen LogP contribution is -2.12. The lowest BCUT2D eigenvalue weighted by molar-refractivity contribution is 0.150. The second-order valence-corrected chi connectivity index (χ2v) is 9.70. The molecule has 3 nitrogen and oxygen atoms in total. The summed E-state index contributed by atoms with van der Waals surface area (Å²) in [6, 6.07) is 26.1. The first-order valence-corrected chi connectivity index (χ1v) is 11.6. The van der Waals surface area contributed by atoms with Gasteiger partial charge in [0.05, 0.1) is 0 Å². The predicted molar refractivity (Wildman–Crippen MR) is 119 cm³/mol. The van der Waals surface area contributed by atoms with Crippen LogP contribution in [-0.4, -0.2) is 11.3 Å². The van der Waals surface area contributed by atoms with Crippen molar-refractivity contribution in [2.75, 3.05) is 0 Å². The summed E-state index contributed by atoms with van der Waals surface area (Å²) in [5, 5.41) is 9.71. The number of carbonyl (C=O) groups is 1. The van der Waals surface area contributed by atoms with E-state index in [1.807, 2.05) is 54.6 Å². The van der Waals surface area contributed by atoms with Gasteiger partial charge in [-0.25, -0.2) is 4.79 Å². The van der Waals surface area contributed by atoms with E-state index in [0.29, 0.717) is 0 Å². The van der Waals surface area contributed by atoms with Crippen LogP contribution in [0.15, 0.2) is 93.5 Å². The Bertz CT molecular complexity index is 869. The van der Waals surface area contributed by atoms with E-state index in [-0.39, 0.29) is 0 Å². The molecule has 3 aromatic rings. The molecule has 4 heteroatoms. The molecule has 0 saturated carbocycles. The molecule has 0 amide bonds. The number of benzene rings is 3. The molecule has 1 N–H and O–H groups in total. The first-order valence-electron chi connectivity index (χ1n) is 10.1. The van der Waals surface area contributed by atoms with Gasteiger partial charge in [-0.2, -0.15) is 0 Å². The molecule has 3 rings (SSSR count). The van der Waals surface area contributed by atoms with E-state index in [1.54, 1.807) is 0 Å². The molecule has 0 fully saturated rings. The Morgan fingerprint density at radius 2 is 1.14 bits per heavy atom. The number of carboxylic acid groups (broad SMARTS) is 1. The van der Waals surface area contributed by atoms with Crippen molar-refractivity contribution in [2.24, 2.45) is 0 Å². The molecular formula is C25H28O3S. The molecule has 3 aromatic carbocycles. The number of hydrogen-bond donors (Lipinski definition) is 1. The minimum Gasteiger partial charge on any atom is -0.449 e. The lowest BCUT2D eigenvalue weighted by Gasteiger charge is -2.38. The van der Waals surface area contributed by atoms with Crippen LogP contribution in [0.1, 0.15) is 37.8 Å². The SMILES string of the molecule is CCCc1ccc(S(OC(=O)O)(c2ccccc2)c2ccc(CCC)cc2)cc1. The van der Waals surface area contributed by atoms with Gasteiger partial charge in [0.1, 0.15) is 0 Å². The van der Waals surface area contributed by atoms with Gasteiger partial charge in [-0.15, -0.1) is 0 Å². The van der Waals surface area contributed by atoms with Crippen molar-refractivity contribution in [2.45, 2.75) is 54.2 Å². The van der Waals surface area contributed by atoms with Gasteiger partial charge in [0.15, 0.2) is 0 Å². The summed E-state index contributed by atoms with van der Waals surface area (Å²) in [6.45, 7) is 4.30. The highest BCUT2D eigenvalue weighted by molar-refractivity contribution is 8.30. The summed E-state index contributed by atoms with van der Waals surface area (Å²) in [7, 11) is -2.39. The van der Waals surface area contributed by atoms with Crippen LogP contribution < -0.4 is 0 Å². The van der Waals surface area contributed by atoms with Crippen molar-refractivity contribution in [3.63, 3.8) is 0 Å². The summed E-state index contributed by atoms with van der Waals surface area (Å²) in [4.78, 5) is 14.5. The summed E-state index contributed by atoms with van der Waals surface area (Å²) in [6.07, 6.45) is 2.87. The van der Waals surface area contributed by atoms with E-state index in [2.05, 4.69) is 38.1 Å². The topological polar surface area (TPSA) is 46.5 Å². The highest BCUT2D eigenvalue weighted by atomic mass is 32.3. The largest absolute Gasteiger partial charge is 0.517 e. The van der Waals surface area contributed by atoms with Crippen molar-refractivity contribution in [3.05, 3.63) is 90.0 Å². The Balaban J connectivity index is 2.21. The fourth-order valence-electron chi connectivity index (χ4n) is 3.54. The molecule has 0 unspecified atom stereocenters. The van der Waals surface area contributed by atoms with Crippen molar-refractivity contribution >= 4 is 16.5 Å². The van der Waals surface area contributed by atoms with E-state index < -0.39 is 16.5 Å². The van der Waals surface area contributed by atoms with Crippen molar-refractivity contribution < 1.29 is 14.1 Å². The van der Waals surface area contributed by atoms with Gasteiger partial charge < -0.3 is 9.29 Å². The fraction of sp³-hybridized carbons (Fsp3) is 0.240. The molecule has 0 spiro atoms. The zero-order valence-corrected chi connectivity index (χ0v) is 17.8. The summed E-state index contributed by atoms with van der Waals surface area (Å²) in [5.74, 6) is 0. The van der Waals surface area contributed by atoms with Crippen LogP contribution in [0.25, 0.3) is 0 Å². The van der Waals surface area contributed by atoms with E-state index >= 15 is 0 Å². The maximum absolute atomic E-state index is 11.9. The van der Waals surface area contributed by atoms with Crippen molar-refractivity contribution in [3.8, 4) is 0 Å². The lowest BCUT2D eigenvalue weighted by atomic mass is 10.1. The van der Waals surface area contributed by atoms with E-state index in [4.69, 9.17) is 4.18 Å². The molecule has 0 radical (unpaired) electrons. The quantitative estimate of drug-likeness (QED) is 0.420. The molecule has 0 bridgehead atoms. The monoisotopic (exact) mass is 408 g/mol. The van der Waals surface area contributed by atoms with Gasteiger partial charge in [0, 0.05) is 14.7 Å². The number of hydrogen-bond acceptors (Lipinski definition) is 2. The highest BCUT2D eigenvalue weighted by Gasteiger charge is 2.35. The molecule has 29 heavy (non-hydrogen) atoms. The van der Waals surface area contributed by atoms with E-state index in [0.717, 1.165) is 40.4 Å². The van der Waals surface area contributed by atoms with Gasteiger partial charge in [-0.05, 0) is 70.7 Å². The van der Waals surface area contributed by atoms with Crippen LogP contribution in [0.3, 0.4) is 0 Å². The normalized spacial score (nSPS) is 11.8. The van der Waals surface area contributed by atoms with Crippen LogP contribution in [0.4, 0.5) is 4.79 Å². The predicted octanol–water partition coefficient (Wildman–Crippen LogP) is 7.48. The first kappa shape index (κ1) is 21.0. The maximum Gasteiger partial charge on any atom is 0.517 e. The standard InChI is InChI=1S/C25H28O3S/c1-3-8-20-12-16-23(17-13-20)29(28-25(26)27,22-10-6-5-7-11-22)24-18-14-21(9-4-2)15-19-24/h5-7,10-19H,3-4,8-9H2,1-2H3,(H,26,27). The molecule has 0 aliphatic rings. The third kappa shape index (κ3) is 4.65. The molecular weight excluding hydrogens is 380 g/mol. The summed E-state index contributed by atoms with van der Waals surface area (Å²) >= 11 is 0. The minimum atomic E-state index is -2.39. The Morgan fingerprint density at radius 1 is 0.724 bits per heavy atom. The summed E-state index contributed by atoms with van der Waals surface area (Å²) < 4.78 is 5.80. The Hall–Kier alpha value is -2.72. The van der Waals surface area contributed by atoms with Crippen molar-refractivity contribution in [1.29, 1.82) is 0 Å². The van der Waals surface area contributed by atoms with Crippen molar-refractivity contribution in [1.82, 2.24) is 0 Å². The van der Waals surface area contributed by atoms with Crippen LogP contribution in [0.2, 0.25) is 0 Å². The molecule has 0 aliphatic carbocycles. The first-order chi connectivity index (χ1) is 14.1. The minimum absolute atomic E-state index is 0.869. The van der Waals surface area contributed by atoms with Gasteiger partial charge >= 0.3 is 6.16 Å². The third-order valence-corrected chi connectivity index (χ3v) is 8.06. The Kier molecular flexibility index (Phi) is 6.99. The van der Waals surface area contributed by atoms with Crippen LogP contribution in [-0.2, 0) is 17.0 Å². The van der Waals surface area contributed by atoms with Crippen LogP contribution in [0.5, 0.6) is 0 Å². The third-order valence-electron chi connectivity index (χ3n) is 4.86. The number of aryl methyl sites for hydroxylation is 2. The fourth-order valence-corrected chi connectivity index (χ4v) is 6.44. The second kappa shape index (κ2) is 9.66. The molecule has 0 atom stereocenters. The maximum atomic E-state index is 11.9. The zero-order valence-electron chi connectivity index (χ0n) is 17.0. The van der Waals surface area contributed by atoms with Gasteiger partial charge in [-0.1, -0.05) is 69.2 Å². The molecule has 0 saturated heterocycles. The smallest absolute Gasteiger partial charge is 0.449 e. The Labute approximate surface area is 174 Å². The van der Waals surface area contributed by atoms with Gasteiger partial charge in [0.2, 0.25) is 0 Å². The van der Waals surface area contributed by atoms with Crippen LogP contribution in [0, 0.1) is 0 Å². The molecule has 152 valence electrons. The highest BCUT2D eigenvalue weighted by Crippen LogP contribution is 2.69. The molecule has 0 aliphatic heterocycles. The average molecular weight is 409 g/mol. The summed E-state index contributed by atoms with van der Waals surface area (Å²) in [5.41, 5.74) is 2.48. The molecule has 0 aromatic heterocycles. The zero-order chi connectivity index (χ0) is 20.7. The molecule has 0 heterocycles. The second-order valence-electron chi connectivity index (χ2n) is 7.01. The van der Waals surface area contributed by atoms with Gasteiger partial charge in [0.25, 0.3) is 0 Å². The van der Waals surface area contributed by atoms with Crippen LogP contribution >= 0.6 is 10.3 Å². The average Bonchev–Trinajstić information content (AvgIpc) is 2.74. The number of rotatable bonds is 8.